The Balaban J connectivity index is 0.000000234. The van der Waals surface area contributed by atoms with Crippen molar-refractivity contribution in [2.45, 2.75) is 232 Å². The number of aliphatic hydroxyl groups is 1. The molecule has 4 unspecified atom stereocenters. The molecule has 4 aromatic carbocycles. The minimum absolute atomic E-state index is 0.00506. The number of fused-ring (bicyclic) bond motifs is 12. The highest BCUT2D eigenvalue weighted by Crippen LogP contribution is 2.58. The molecule has 8 atom stereocenters. The number of aromatic nitrogens is 2. The zero-order chi connectivity index (χ0) is 91.1. The number of imide groups is 1. The summed E-state index contributed by atoms with van der Waals surface area (Å²) in [6, 6.07) is 24.9. The van der Waals surface area contributed by atoms with E-state index in [2.05, 4.69) is 96.8 Å². The maximum absolute atomic E-state index is 15.4. The number of hydrogen-bond acceptors (Lipinski definition) is 19. The van der Waals surface area contributed by atoms with Crippen LogP contribution in [0.1, 0.15) is 214 Å². The summed E-state index contributed by atoms with van der Waals surface area (Å²) in [4.78, 5) is 157. The van der Waals surface area contributed by atoms with E-state index in [9.17, 15) is 57.8 Å². The third kappa shape index (κ3) is 21.2. The highest BCUT2D eigenvalue weighted by molar-refractivity contribution is 6.83. The number of ketones is 2. The van der Waals surface area contributed by atoms with E-state index in [0.29, 0.717) is 114 Å². The molecule has 1 saturated heterocycles. The molecule has 13 rings (SSSR count). The number of amides is 7. The van der Waals surface area contributed by atoms with Crippen LogP contribution in [0.25, 0.3) is 32.7 Å². The van der Waals surface area contributed by atoms with Gasteiger partial charge in [0, 0.05) is 115 Å². The Morgan fingerprint density at radius 2 is 1.46 bits per heavy atom. The van der Waals surface area contributed by atoms with Gasteiger partial charge < -0.3 is 60.5 Å². The predicted octanol–water partition coefficient (Wildman–Crippen LogP) is 14.0. The molecule has 7 aliphatic rings. The van der Waals surface area contributed by atoms with Gasteiger partial charge in [-0.05, 0) is 152 Å². The molecule has 30 heteroatoms. The molecule has 127 heavy (non-hydrogen) atoms. The number of esters is 1. The highest BCUT2D eigenvalue weighted by atomic mass is 28.3. The van der Waals surface area contributed by atoms with Crippen molar-refractivity contribution in [2.75, 3.05) is 62.8 Å². The van der Waals surface area contributed by atoms with E-state index < -0.39 is 55.1 Å². The summed E-state index contributed by atoms with van der Waals surface area (Å²) >= 11 is 0. The molecule has 4 aliphatic heterocycles. The van der Waals surface area contributed by atoms with E-state index in [1.807, 2.05) is 62.4 Å². The Kier molecular flexibility index (Phi) is 32.0. The van der Waals surface area contributed by atoms with Crippen LogP contribution in [0.2, 0.25) is 22.7 Å². The van der Waals surface area contributed by atoms with Crippen LogP contribution in [0, 0.1) is 66.0 Å². The van der Waals surface area contributed by atoms with Gasteiger partial charge in [-0.25, -0.2) is 19.0 Å². The number of para-hydroxylation sites is 1. The Labute approximate surface area is 742 Å². The topological polar surface area (TPSA) is 392 Å². The maximum Gasteiger partial charge on any atom is 0.407 e. The second-order valence-electron chi connectivity index (χ2n) is 35.9. The molecular weight excluding hydrogens is 1640 g/mol. The smallest absolute Gasteiger partial charge is 0.407 e. The first kappa shape index (κ1) is 95.1. The molecule has 6 aromatic rings. The van der Waals surface area contributed by atoms with Crippen molar-refractivity contribution < 1.29 is 76.4 Å². The van der Waals surface area contributed by atoms with Crippen LogP contribution in [-0.4, -0.2) is 145 Å². The normalized spacial score (nSPS) is 19.5. The number of carbonyl (C=O) groups is 10. The van der Waals surface area contributed by atoms with Crippen LogP contribution in [0.4, 0.5) is 20.6 Å². The van der Waals surface area contributed by atoms with Crippen LogP contribution >= 0.6 is 0 Å². The van der Waals surface area contributed by atoms with E-state index in [1.165, 1.54) is 28.0 Å². The lowest BCUT2D eigenvalue weighted by Crippen LogP contribution is -2.45. The van der Waals surface area contributed by atoms with Crippen molar-refractivity contribution in [2.24, 2.45) is 52.3 Å². The number of halogens is 1. The molecule has 2 aromatic heterocycles. The number of Topliss-reactive ketones (excluding diaryl/α,β-unsaturated/α-hetero) is 2. The second kappa shape index (κ2) is 42.7. The minimum Gasteiger partial charge on any atom is -0.458 e. The summed E-state index contributed by atoms with van der Waals surface area (Å²) in [5.74, 6) is 2.75. The molecule has 2 fully saturated rings. The molecule has 0 spiro atoms. The quantitative estimate of drug-likeness (QED) is 0.00239. The molecule has 2 bridgehead atoms. The van der Waals surface area contributed by atoms with Crippen LogP contribution < -0.4 is 37.5 Å². The Hall–Kier alpha value is -11.1. The molecule has 7 amide bonds. The summed E-state index contributed by atoms with van der Waals surface area (Å²) in [5.41, 5.74) is 22.3. The predicted molar refractivity (Wildman–Crippen MR) is 481 cm³/mol. The van der Waals surface area contributed by atoms with Crippen LogP contribution in [0.3, 0.4) is 0 Å². The number of anilines is 2. The van der Waals surface area contributed by atoms with Gasteiger partial charge in [0.05, 0.1) is 93.1 Å². The Morgan fingerprint density at radius 1 is 0.787 bits per heavy atom. The number of likely N-dealkylation sites (tertiary alicyclic amines) is 1. The zero-order valence-electron chi connectivity index (χ0n) is 74.6. The molecule has 6 heterocycles. The number of cyclic esters (lactones) is 1. The summed E-state index contributed by atoms with van der Waals surface area (Å²) in [6.45, 7) is 23.2. The fourth-order valence-corrected chi connectivity index (χ4v) is 27.0. The Morgan fingerprint density at radius 3 is 2.15 bits per heavy atom. The van der Waals surface area contributed by atoms with E-state index >= 15 is 4.39 Å². The molecule has 0 radical (unpaired) electrons. The van der Waals surface area contributed by atoms with Crippen LogP contribution in [-0.2, 0) is 100 Å². The number of carbonyl (C=O) groups excluding carboxylic acids is 10. The molecule has 1 saturated carbocycles. The summed E-state index contributed by atoms with van der Waals surface area (Å²) in [7, 11) is -1.49. The number of allylic oxidation sites excluding steroid dienone is 2. The first-order valence-corrected chi connectivity index (χ1v) is 47.5. The Bertz CT molecular complexity index is 5310. The molecule has 28 nitrogen and oxygen atoms in total. The standard InChI is InChI=1S/C49H58FN9O10.C48H63N3O6Si/c1-5-49(66)34-21-38-44-32(23-59(38)46(63)33(34)25-68-47(49)64)42-36(14-13-31-27(4)35(50)22-37(55-44)41(31)42)56-48(65)69-24-28-9-11-30(12-10-28)54-45(62)29(8-6-7-16-51)20-39(60)43(26(2)3)57-40(61)15-18-67-19-17-53-58-52;1-32(2)58(33(3)4,34(5)6)30-12-17-39-40-21-22-41(39)46-45(40)47(55)50(48(46)56)27-24-38(52)16-11-28-57-29-25-43(53)49-26-23-44(54)51-31-37-15-8-7-13-35(37)19-20-36-14-9-10-18-42(36)51/h9-12,21-22,26,29,36,43,66H,5-8,13-20,23-25,51H2,1-4H3,(H,54,62)(H,56,65)(H,57,61);7-10,13-15,18,21-22,32-34,39-41,45-46H,11-12,16-17,23-31H2,1-6H3,(H,49,53)/t29-,36+,43+,49+;/m1./s1. The number of nitrogens with two attached hydrogens (primary N) is 1. The lowest BCUT2D eigenvalue weighted by molar-refractivity contribution is -0.172. The SMILES string of the molecule is CC(C)[Si](CCCC1C2C=CC1C1C(=O)N(CCC(=O)CCCOCCC(=O)NCCC(=O)N3Cc4ccccc4C#Cc4ccccc43)C(=O)C21)(C(C)C)C(C)C.CC[C@@]1(O)C(=O)OCc2c1cc1n(c2=O)Cc2c-1nc1cc(F)c(C)c3c1c2[C@@H](NC(=O)OCc1ccc(NC(=O)[C@H](CCCCN)CC(=O)[C@@H](NC(=O)CCOCCN=[N+]=[N-])C(C)C)cc1)CC3. The van der Waals surface area contributed by atoms with Gasteiger partial charge >= 0.3 is 12.1 Å². The third-order valence-electron chi connectivity index (χ3n) is 27.2. The minimum atomic E-state index is -2.03. The average molecular weight is 1760 g/mol. The van der Waals surface area contributed by atoms with Gasteiger partial charge in [-0.1, -0.05) is 169 Å². The first-order chi connectivity index (χ1) is 60.9. The number of unbranched alkanes of at least 4 members (excludes halogenated alkanes) is 1. The van der Waals surface area contributed by atoms with Crippen molar-refractivity contribution in [3.8, 4) is 23.2 Å². The zero-order valence-corrected chi connectivity index (χ0v) is 75.6. The summed E-state index contributed by atoms with van der Waals surface area (Å²) < 4.78 is 38.8. The van der Waals surface area contributed by atoms with E-state index in [4.69, 9.17) is 35.2 Å². The van der Waals surface area contributed by atoms with E-state index in [0.717, 1.165) is 51.0 Å². The largest absolute Gasteiger partial charge is 0.458 e. The highest BCUT2D eigenvalue weighted by Gasteiger charge is 2.63. The number of pyridine rings is 2. The first-order valence-electron chi connectivity index (χ1n) is 45.1. The number of rotatable bonds is 41. The number of nitrogens with zero attached hydrogens (tertiary/aromatic N) is 7. The summed E-state index contributed by atoms with van der Waals surface area (Å²) in [6.07, 6.45) is 9.54. The molecule has 3 aliphatic carbocycles. The number of nitrogens with one attached hydrogen (secondary N) is 4. The monoisotopic (exact) mass is 1760 g/mol. The van der Waals surface area contributed by atoms with E-state index in [1.54, 1.807) is 49.1 Å². The van der Waals surface area contributed by atoms with Crippen molar-refractivity contribution >= 4 is 89.4 Å². The number of azide groups is 1. The van der Waals surface area contributed by atoms with Crippen molar-refractivity contribution in [3.05, 3.63) is 179 Å². The fourth-order valence-electron chi connectivity index (χ4n) is 20.5. The molecule has 7 N–H and O–H groups in total. The fraction of sp³-hybridized carbons (Fsp3) is 0.526. The third-order valence-corrected chi connectivity index (χ3v) is 34.9. The number of ether oxygens (including phenoxy) is 4. The van der Waals surface area contributed by atoms with Crippen LogP contribution in [0.15, 0.2) is 107 Å². The van der Waals surface area contributed by atoms with Gasteiger partial charge in [0.1, 0.15) is 24.8 Å². The number of aryl methyl sites for hydroxylation is 1. The van der Waals surface area contributed by atoms with E-state index in [-0.39, 0.29) is 192 Å². The van der Waals surface area contributed by atoms with Crippen molar-refractivity contribution in [1.82, 2.24) is 30.4 Å². The van der Waals surface area contributed by atoms with Gasteiger partial charge in [-0.15, -0.1) is 0 Å². The molecular formula is C97H121FN12O16Si. The second-order valence-corrected chi connectivity index (χ2v) is 42.1. The molecule has 676 valence electrons. The number of benzene rings is 4. The lowest BCUT2D eigenvalue weighted by Gasteiger charge is -2.43. The maximum atomic E-state index is 15.4. The van der Waals surface area contributed by atoms with Gasteiger partial charge in [-0.3, -0.25) is 48.1 Å². The number of alkyl carbamates (subject to hydrolysis) is 1. The number of hydrogen-bond donors (Lipinski definition) is 6. The van der Waals surface area contributed by atoms with Crippen molar-refractivity contribution in [3.63, 3.8) is 0 Å². The van der Waals surface area contributed by atoms with Crippen molar-refractivity contribution in [1.29, 1.82) is 0 Å². The average Bonchev–Trinajstić information content (AvgIpc) is 1.55. The van der Waals surface area contributed by atoms with Crippen LogP contribution in [0.5, 0.6) is 0 Å². The lowest BCUT2D eigenvalue weighted by atomic mass is 9.81. The van der Waals surface area contributed by atoms with Gasteiger partial charge in [0.15, 0.2) is 11.4 Å². The summed E-state index contributed by atoms with van der Waals surface area (Å²) in [5, 5.41) is 26.9. The van der Waals surface area contributed by atoms with Gasteiger partial charge in [0.25, 0.3) is 5.56 Å². The van der Waals surface area contributed by atoms with Gasteiger partial charge in [-0.2, -0.15) is 0 Å². The van der Waals surface area contributed by atoms with Gasteiger partial charge in [0.2, 0.25) is 35.4 Å².